The Labute approximate surface area is 89.7 Å². The molecule has 2 N–H and O–H groups in total. The molecule has 14 heavy (non-hydrogen) atoms. The number of halogens is 2. The van der Waals surface area contributed by atoms with Gasteiger partial charge in [-0.1, -0.05) is 11.6 Å². The fourth-order valence-electron chi connectivity index (χ4n) is 1.03. The van der Waals surface area contributed by atoms with Crippen LogP contribution in [-0.4, -0.2) is 16.5 Å². The molecule has 0 aliphatic rings. The maximum atomic E-state index is 13.1. The van der Waals surface area contributed by atoms with E-state index in [2.05, 4.69) is 0 Å². The molecule has 2 nitrogen and oxygen atoms in total. The molecular formula is C9H11ClFNOS. The van der Waals surface area contributed by atoms with Gasteiger partial charge in [-0.05, 0) is 18.2 Å². The van der Waals surface area contributed by atoms with Gasteiger partial charge in [-0.3, -0.25) is 4.21 Å². The van der Waals surface area contributed by atoms with Crippen LogP contribution in [0.15, 0.2) is 18.2 Å². The molecule has 0 bridgehead atoms. The molecule has 0 aliphatic carbocycles. The Bertz CT molecular complexity index is 346. The van der Waals surface area contributed by atoms with Gasteiger partial charge in [0.15, 0.2) is 0 Å². The quantitative estimate of drug-likeness (QED) is 0.863. The van der Waals surface area contributed by atoms with Crippen LogP contribution in [0, 0.1) is 5.82 Å². The molecule has 0 heterocycles. The predicted octanol–water partition coefficient (Wildman–Crippen LogP) is 1.69. The lowest BCUT2D eigenvalue weighted by Gasteiger charge is -2.03. The van der Waals surface area contributed by atoms with E-state index in [4.69, 9.17) is 17.3 Å². The Morgan fingerprint density at radius 3 is 2.86 bits per heavy atom. The topological polar surface area (TPSA) is 43.1 Å². The second-order valence-electron chi connectivity index (χ2n) is 2.81. The van der Waals surface area contributed by atoms with Crippen LogP contribution in [0.1, 0.15) is 5.56 Å². The lowest BCUT2D eigenvalue weighted by atomic mass is 10.2. The van der Waals surface area contributed by atoms with Crippen LogP contribution in [0.5, 0.6) is 0 Å². The van der Waals surface area contributed by atoms with E-state index < -0.39 is 10.8 Å². The van der Waals surface area contributed by atoms with Crippen molar-refractivity contribution in [2.75, 3.05) is 12.3 Å². The first-order valence-electron chi connectivity index (χ1n) is 4.12. The summed E-state index contributed by atoms with van der Waals surface area (Å²) in [6.45, 7) is 0.342. The minimum atomic E-state index is -1.11. The largest absolute Gasteiger partial charge is 0.330 e. The van der Waals surface area contributed by atoms with Gasteiger partial charge in [0.25, 0.3) is 0 Å². The van der Waals surface area contributed by atoms with Crippen molar-refractivity contribution in [3.63, 3.8) is 0 Å². The molecule has 5 heteroatoms. The fourth-order valence-corrected chi connectivity index (χ4v) is 2.20. The second kappa shape index (κ2) is 5.44. The molecule has 0 aromatic heterocycles. The van der Waals surface area contributed by atoms with Crippen molar-refractivity contribution >= 4 is 22.4 Å². The molecule has 1 atom stereocenters. The standard InChI is InChI=1S/C9H11ClFNOS/c10-8-1-2-9(11)7(5-8)6-14(13)4-3-12/h1-2,5H,3-4,6,12H2. The summed E-state index contributed by atoms with van der Waals surface area (Å²) in [6, 6.07) is 4.23. The van der Waals surface area contributed by atoms with Crippen molar-refractivity contribution in [1.82, 2.24) is 0 Å². The molecule has 78 valence electrons. The highest BCUT2D eigenvalue weighted by Gasteiger charge is 2.06. The molecule has 0 aliphatic heterocycles. The number of nitrogens with two attached hydrogens (primary N) is 1. The maximum Gasteiger partial charge on any atom is 0.127 e. The van der Waals surface area contributed by atoms with Crippen molar-refractivity contribution in [1.29, 1.82) is 0 Å². The molecule has 0 fully saturated rings. The zero-order valence-corrected chi connectivity index (χ0v) is 9.08. The highest BCUT2D eigenvalue weighted by molar-refractivity contribution is 7.84. The van der Waals surface area contributed by atoms with Gasteiger partial charge in [-0.15, -0.1) is 0 Å². The summed E-state index contributed by atoms with van der Waals surface area (Å²) in [4.78, 5) is 0. The Balaban J connectivity index is 2.75. The zero-order chi connectivity index (χ0) is 10.6. The number of hydrogen-bond donors (Lipinski definition) is 1. The Kier molecular flexibility index (Phi) is 4.51. The lowest BCUT2D eigenvalue weighted by Crippen LogP contribution is -2.12. The van der Waals surface area contributed by atoms with E-state index in [1.807, 2.05) is 0 Å². The van der Waals surface area contributed by atoms with E-state index in [1.165, 1.54) is 18.2 Å². The zero-order valence-electron chi connectivity index (χ0n) is 7.50. The summed E-state index contributed by atoms with van der Waals surface area (Å²) in [5.41, 5.74) is 5.62. The summed E-state index contributed by atoms with van der Waals surface area (Å²) in [7, 11) is -1.11. The van der Waals surface area contributed by atoms with Gasteiger partial charge in [-0.25, -0.2) is 4.39 Å². The summed E-state index contributed by atoms with van der Waals surface area (Å²) < 4.78 is 24.4. The van der Waals surface area contributed by atoms with E-state index in [1.54, 1.807) is 0 Å². The highest BCUT2D eigenvalue weighted by Crippen LogP contribution is 2.16. The van der Waals surface area contributed by atoms with Crippen LogP contribution in [0.2, 0.25) is 5.02 Å². The minimum absolute atomic E-state index is 0.170. The third kappa shape index (κ3) is 3.36. The molecule has 0 radical (unpaired) electrons. The van der Waals surface area contributed by atoms with E-state index >= 15 is 0 Å². The van der Waals surface area contributed by atoms with Gasteiger partial charge in [0, 0.05) is 33.7 Å². The van der Waals surface area contributed by atoms with E-state index in [-0.39, 0.29) is 11.6 Å². The number of hydrogen-bond acceptors (Lipinski definition) is 2. The minimum Gasteiger partial charge on any atom is -0.330 e. The summed E-state index contributed by atoms with van der Waals surface area (Å²) in [5, 5.41) is 0.450. The van der Waals surface area contributed by atoms with Crippen LogP contribution in [0.25, 0.3) is 0 Å². The average Bonchev–Trinajstić information content (AvgIpc) is 2.12. The monoisotopic (exact) mass is 235 g/mol. The molecule has 0 saturated carbocycles. The van der Waals surface area contributed by atoms with Crippen molar-refractivity contribution in [3.8, 4) is 0 Å². The highest BCUT2D eigenvalue weighted by atomic mass is 35.5. The third-order valence-electron chi connectivity index (χ3n) is 1.67. The first-order valence-corrected chi connectivity index (χ1v) is 5.99. The van der Waals surface area contributed by atoms with Crippen LogP contribution < -0.4 is 5.73 Å². The molecule has 1 unspecified atom stereocenters. The maximum absolute atomic E-state index is 13.1. The number of benzene rings is 1. The van der Waals surface area contributed by atoms with Crippen molar-refractivity contribution < 1.29 is 8.60 Å². The molecule has 0 saturated heterocycles. The Morgan fingerprint density at radius 2 is 2.21 bits per heavy atom. The average molecular weight is 236 g/mol. The molecule has 0 spiro atoms. The van der Waals surface area contributed by atoms with Gasteiger partial charge < -0.3 is 5.73 Å². The first kappa shape index (κ1) is 11.6. The second-order valence-corrected chi connectivity index (χ2v) is 4.83. The van der Waals surface area contributed by atoms with Gasteiger partial charge in [0.05, 0.1) is 5.75 Å². The smallest absolute Gasteiger partial charge is 0.127 e. The van der Waals surface area contributed by atoms with Crippen LogP contribution in [0.4, 0.5) is 4.39 Å². The molecule has 1 aromatic carbocycles. The normalized spacial score (nSPS) is 12.8. The van der Waals surface area contributed by atoms with Gasteiger partial charge >= 0.3 is 0 Å². The van der Waals surface area contributed by atoms with Gasteiger partial charge in [-0.2, -0.15) is 0 Å². The number of rotatable bonds is 4. The van der Waals surface area contributed by atoms with E-state index in [0.29, 0.717) is 22.9 Å². The van der Waals surface area contributed by atoms with Gasteiger partial charge in [0.2, 0.25) is 0 Å². The molecular weight excluding hydrogens is 225 g/mol. The van der Waals surface area contributed by atoms with Crippen LogP contribution >= 0.6 is 11.6 Å². The van der Waals surface area contributed by atoms with E-state index in [9.17, 15) is 8.60 Å². The lowest BCUT2D eigenvalue weighted by molar-refractivity contribution is 0.615. The Hall–Kier alpha value is -0.450. The molecule has 1 aromatic rings. The Morgan fingerprint density at radius 1 is 1.50 bits per heavy atom. The third-order valence-corrected chi connectivity index (χ3v) is 3.23. The van der Waals surface area contributed by atoms with Gasteiger partial charge in [0.1, 0.15) is 5.82 Å². The van der Waals surface area contributed by atoms with Crippen molar-refractivity contribution in [2.24, 2.45) is 5.73 Å². The fraction of sp³-hybridized carbons (Fsp3) is 0.333. The van der Waals surface area contributed by atoms with Crippen molar-refractivity contribution in [2.45, 2.75) is 5.75 Å². The summed E-state index contributed by atoms with van der Waals surface area (Å²) in [5.74, 6) is 0.176. The van der Waals surface area contributed by atoms with Crippen LogP contribution in [-0.2, 0) is 16.6 Å². The first-order chi connectivity index (χ1) is 6.63. The molecule has 1 rings (SSSR count). The summed E-state index contributed by atoms with van der Waals surface area (Å²) >= 11 is 5.69. The van der Waals surface area contributed by atoms with Crippen molar-refractivity contribution in [3.05, 3.63) is 34.6 Å². The SMILES string of the molecule is NCCS(=O)Cc1cc(Cl)ccc1F. The van der Waals surface area contributed by atoms with Crippen LogP contribution in [0.3, 0.4) is 0 Å². The predicted molar refractivity (Wildman–Crippen MR) is 57.2 cm³/mol. The molecule has 0 amide bonds. The van der Waals surface area contributed by atoms with E-state index in [0.717, 1.165) is 0 Å². The summed E-state index contributed by atoms with van der Waals surface area (Å²) in [6.07, 6.45) is 0.